The molecular formula is C28H22Br2N2O4S. The van der Waals surface area contributed by atoms with E-state index in [9.17, 15) is 8.42 Å². The van der Waals surface area contributed by atoms with Crippen molar-refractivity contribution in [3.8, 4) is 11.5 Å². The first-order valence-electron chi connectivity index (χ1n) is 11.3. The number of para-hydroxylation sites is 1. The Labute approximate surface area is 231 Å². The summed E-state index contributed by atoms with van der Waals surface area (Å²) in [4.78, 5) is 4.80. The van der Waals surface area contributed by atoms with E-state index >= 15 is 0 Å². The summed E-state index contributed by atoms with van der Waals surface area (Å²) in [5.41, 5.74) is 3.37. The molecular weight excluding hydrogens is 620 g/mol. The van der Waals surface area contributed by atoms with Crippen molar-refractivity contribution in [2.45, 2.75) is 18.4 Å². The predicted octanol–water partition coefficient (Wildman–Crippen LogP) is 7.76. The molecule has 3 aromatic carbocycles. The minimum atomic E-state index is -3.94. The second-order valence-corrected chi connectivity index (χ2v) is 13.0. The molecule has 37 heavy (non-hydrogen) atoms. The number of rotatable bonds is 7. The molecule has 0 saturated carbocycles. The Bertz CT molecular complexity index is 1740. The number of aryl methyl sites for hydroxylation is 1. The van der Waals surface area contributed by atoms with Gasteiger partial charge in [0, 0.05) is 23.4 Å². The molecule has 0 unspecified atom stereocenters. The van der Waals surface area contributed by atoms with E-state index in [0.717, 1.165) is 16.5 Å². The van der Waals surface area contributed by atoms with Gasteiger partial charge in [0.15, 0.2) is 0 Å². The van der Waals surface area contributed by atoms with Gasteiger partial charge in [0.1, 0.15) is 11.5 Å². The number of aromatic nitrogens is 2. The van der Waals surface area contributed by atoms with Gasteiger partial charge in [-0.3, -0.25) is 4.98 Å². The third kappa shape index (κ3) is 4.96. The summed E-state index contributed by atoms with van der Waals surface area (Å²) in [7, 11) is -2.34. The van der Waals surface area contributed by atoms with E-state index in [0.29, 0.717) is 37.0 Å². The Morgan fingerprint density at radius 1 is 0.973 bits per heavy atom. The number of ether oxygens (including phenoxy) is 2. The van der Waals surface area contributed by atoms with Crippen molar-refractivity contribution in [2.75, 3.05) is 7.11 Å². The number of hydrogen-bond acceptors (Lipinski definition) is 5. The largest absolute Gasteiger partial charge is 0.457 e. The van der Waals surface area contributed by atoms with E-state index in [2.05, 4.69) is 36.8 Å². The Morgan fingerprint density at radius 2 is 1.70 bits per heavy atom. The average Bonchev–Trinajstić information content (AvgIpc) is 3.21. The first-order chi connectivity index (χ1) is 17.8. The summed E-state index contributed by atoms with van der Waals surface area (Å²) >= 11 is 6.82. The Hall–Kier alpha value is -2.98. The van der Waals surface area contributed by atoms with E-state index in [1.165, 1.54) is 3.97 Å². The number of hydrogen-bond donors (Lipinski definition) is 0. The van der Waals surface area contributed by atoms with Crippen LogP contribution < -0.4 is 4.74 Å². The summed E-state index contributed by atoms with van der Waals surface area (Å²) in [5.74, 6) is 1.27. The fraction of sp³-hybridized carbons (Fsp3) is 0.107. The molecule has 5 aromatic rings. The molecule has 0 radical (unpaired) electrons. The lowest BCUT2D eigenvalue weighted by Gasteiger charge is -2.11. The van der Waals surface area contributed by atoms with Gasteiger partial charge in [0.05, 0.1) is 37.8 Å². The van der Waals surface area contributed by atoms with Crippen LogP contribution in [0.3, 0.4) is 0 Å². The maximum Gasteiger partial charge on any atom is 0.268 e. The number of halogens is 2. The van der Waals surface area contributed by atoms with Crippen molar-refractivity contribution in [1.82, 2.24) is 8.96 Å². The van der Waals surface area contributed by atoms with Crippen LogP contribution in [0.4, 0.5) is 0 Å². The van der Waals surface area contributed by atoms with Gasteiger partial charge in [-0.25, -0.2) is 12.4 Å². The minimum absolute atomic E-state index is 0.196. The van der Waals surface area contributed by atoms with Crippen LogP contribution >= 0.6 is 31.9 Å². The number of pyridine rings is 1. The van der Waals surface area contributed by atoms with Crippen molar-refractivity contribution in [3.63, 3.8) is 0 Å². The van der Waals surface area contributed by atoms with E-state index in [1.54, 1.807) is 49.7 Å². The quantitative estimate of drug-likeness (QED) is 0.182. The van der Waals surface area contributed by atoms with Crippen LogP contribution in [0, 0.1) is 6.92 Å². The first-order valence-corrected chi connectivity index (χ1v) is 14.3. The summed E-state index contributed by atoms with van der Waals surface area (Å²) in [6.45, 7) is 2.15. The molecule has 0 fully saturated rings. The van der Waals surface area contributed by atoms with Gasteiger partial charge in [0.2, 0.25) is 0 Å². The second kappa shape index (κ2) is 10.4. The summed E-state index contributed by atoms with van der Waals surface area (Å²) < 4.78 is 41.7. The molecule has 0 aliphatic heterocycles. The molecule has 188 valence electrons. The van der Waals surface area contributed by atoms with Gasteiger partial charge in [-0.1, -0.05) is 35.9 Å². The van der Waals surface area contributed by atoms with E-state index in [1.807, 2.05) is 49.4 Å². The fourth-order valence-corrected chi connectivity index (χ4v) is 6.25. The highest BCUT2D eigenvalue weighted by atomic mass is 79.9. The van der Waals surface area contributed by atoms with E-state index in [-0.39, 0.29) is 11.5 Å². The Balaban J connectivity index is 1.85. The fourth-order valence-electron chi connectivity index (χ4n) is 4.31. The summed E-state index contributed by atoms with van der Waals surface area (Å²) in [5, 5.41) is 1.45. The predicted molar refractivity (Wildman–Crippen MR) is 154 cm³/mol. The van der Waals surface area contributed by atoms with Gasteiger partial charge in [-0.05, 0) is 87.3 Å². The lowest BCUT2D eigenvalue weighted by molar-refractivity contribution is 0.185. The molecule has 0 bridgehead atoms. The zero-order valence-electron chi connectivity index (χ0n) is 20.0. The molecule has 0 aliphatic carbocycles. The van der Waals surface area contributed by atoms with Crippen molar-refractivity contribution in [2.24, 2.45) is 0 Å². The first kappa shape index (κ1) is 25.7. The van der Waals surface area contributed by atoms with E-state index < -0.39 is 10.0 Å². The van der Waals surface area contributed by atoms with Crippen molar-refractivity contribution in [3.05, 3.63) is 99.2 Å². The molecule has 2 aromatic heterocycles. The van der Waals surface area contributed by atoms with Crippen LogP contribution in [-0.4, -0.2) is 24.5 Å². The normalized spacial score (nSPS) is 11.7. The molecule has 0 saturated heterocycles. The maximum atomic E-state index is 14.0. The van der Waals surface area contributed by atoms with Gasteiger partial charge < -0.3 is 9.47 Å². The highest BCUT2D eigenvalue weighted by Gasteiger charge is 2.26. The van der Waals surface area contributed by atoms with Crippen LogP contribution in [0.25, 0.3) is 27.9 Å². The molecule has 0 N–H and O–H groups in total. The van der Waals surface area contributed by atoms with Gasteiger partial charge in [-0.15, -0.1) is 0 Å². The van der Waals surface area contributed by atoms with Crippen molar-refractivity contribution in [1.29, 1.82) is 0 Å². The number of methoxy groups -OCH3 is 1. The van der Waals surface area contributed by atoms with Crippen LogP contribution in [0.15, 0.2) is 87.3 Å². The van der Waals surface area contributed by atoms with Crippen LogP contribution in [-0.2, 0) is 21.4 Å². The third-order valence-corrected chi connectivity index (χ3v) is 8.14. The lowest BCUT2D eigenvalue weighted by atomic mass is 10.1. The van der Waals surface area contributed by atoms with Crippen LogP contribution in [0.5, 0.6) is 11.5 Å². The molecule has 0 atom stereocenters. The van der Waals surface area contributed by atoms with Crippen molar-refractivity contribution < 1.29 is 17.9 Å². The second-order valence-electron chi connectivity index (χ2n) is 8.43. The van der Waals surface area contributed by atoms with Crippen molar-refractivity contribution >= 4 is 69.8 Å². The molecule has 6 nitrogen and oxygen atoms in total. The smallest absolute Gasteiger partial charge is 0.268 e. The summed E-state index contributed by atoms with van der Waals surface area (Å²) in [6.07, 6.45) is 3.41. The summed E-state index contributed by atoms with van der Waals surface area (Å²) in [6, 6.07) is 21.7. The minimum Gasteiger partial charge on any atom is -0.457 e. The Morgan fingerprint density at radius 3 is 2.38 bits per heavy atom. The van der Waals surface area contributed by atoms with E-state index in [4.69, 9.17) is 9.47 Å². The third-order valence-electron chi connectivity index (χ3n) is 5.94. The molecule has 0 amide bonds. The van der Waals surface area contributed by atoms with Crippen LogP contribution in [0.2, 0.25) is 0 Å². The topological polar surface area (TPSA) is 70.4 Å². The highest BCUT2D eigenvalue weighted by molar-refractivity contribution is 9.28. The molecule has 0 spiro atoms. The lowest BCUT2D eigenvalue weighted by Crippen LogP contribution is -2.13. The van der Waals surface area contributed by atoms with Gasteiger partial charge >= 0.3 is 0 Å². The number of nitrogens with zero attached hydrogens (tertiary/aromatic N) is 2. The van der Waals surface area contributed by atoms with Gasteiger partial charge in [0.25, 0.3) is 10.0 Å². The zero-order valence-corrected chi connectivity index (χ0v) is 24.0. The molecule has 5 rings (SSSR count). The monoisotopic (exact) mass is 640 g/mol. The SMILES string of the molecule is COCc1c(C=C(Br)Br)ncc2c1c1cc(Oc3ccccc3)ccc1n2S(=O)(=O)c1ccc(C)cc1. The molecule has 0 aliphatic rings. The van der Waals surface area contributed by atoms with Gasteiger partial charge in [-0.2, -0.15) is 0 Å². The number of benzene rings is 3. The number of fused-ring (bicyclic) bond motifs is 3. The highest BCUT2D eigenvalue weighted by Crippen LogP contribution is 2.39. The molecule has 9 heteroatoms. The molecule has 2 heterocycles. The average molecular weight is 642 g/mol. The zero-order chi connectivity index (χ0) is 26.2. The standard InChI is InChI=1S/C28H22Br2N2O4S/c1-18-8-11-21(12-9-18)37(33,34)32-25-13-10-20(36-19-6-4-3-5-7-19)14-22(25)28-23(17-35-2)24(15-27(29)30)31-16-26(28)32/h3-16H,17H2,1-2H3. The maximum absolute atomic E-state index is 14.0. The Kier molecular flexibility index (Phi) is 7.22. The van der Waals surface area contributed by atoms with Crippen LogP contribution in [0.1, 0.15) is 16.8 Å².